The zero-order valence-electron chi connectivity index (χ0n) is 16.3. The summed E-state index contributed by atoms with van der Waals surface area (Å²) >= 11 is 0. The molecule has 0 N–H and O–H groups in total. The Morgan fingerprint density at radius 3 is 2.57 bits per heavy atom. The highest BCUT2D eigenvalue weighted by atomic mass is 19.1. The largest absolute Gasteiger partial charge is 0.495 e. The lowest BCUT2D eigenvalue weighted by Crippen LogP contribution is -2.39. The molecule has 1 aliphatic rings. The van der Waals surface area contributed by atoms with Crippen molar-refractivity contribution in [1.82, 2.24) is 18.7 Å². The van der Waals surface area contributed by atoms with E-state index >= 15 is 0 Å². The molecule has 1 aliphatic carbocycles. The van der Waals surface area contributed by atoms with Crippen molar-refractivity contribution in [2.45, 2.75) is 25.4 Å². The van der Waals surface area contributed by atoms with Gasteiger partial charge in [-0.1, -0.05) is 30.3 Å². The maximum Gasteiger partial charge on any atom is 0.337 e. The predicted molar refractivity (Wildman–Crippen MR) is 110 cm³/mol. The third kappa shape index (κ3) is 2.83. The molecule has 5 rings (SSSR count). The molecule has 2 aromatic heterocycles. The summed E-state index contributed by atoms with van der Waals surface area (Å²) in [7, 11) is 1.52. The van der Waals surface area contributed by atoms with Crippen molar-refractivity contribution in [3.05, 3.63) is 87.1 Å². The average molecular weight is 406 g/mol. The van der Waals surface area contributed by atoms with Crippen LogP contribution in [0.4, 0.5) is 4.39 Å². The monoisotopic (exact) mass is 406 g/mol. The van der Waals surface area contributed by atoms with Gasteiger partial charge in [-0.2, -0.15) is 0 Å². The number of ether oxygens (including phenoxy) is 1. The number of methoxy groups -OCH3 is 1. The summed E-state index contributed by atoms with van der Waals surface area (Å²) in [5.41, 5.74) is 0.566. The molecule has 4 aromatic rings. The highest BCUT2D eigenvalue weighted by Gasteiger charge is 2.31. The lowest BCUT2D eigenvalue weighted by molar-refractivity contribution is 0.412. The van der Waals surface area contributed by atoms with Gasteiger partial charge in [0.05, 0.1) is 25.7 Å². The van der Waals surface area contributed by atoms with Gasteiger partial charge in [-0.3, -0.25) is 9.36 Å². The van der Waals surface area contributed by atoms with Gasteiger partial charge >= 0.3 is 5.69 Å². The van der Waals surface area contributed by atoms with E-state index in [-0.39, 0.29) is 29.6 Å². The molecule has 0 atom stereocenters. The first-order chi connectivity index (χ1) is 14.6. The number of nitrogens with zero attached hydrogens (tertiary/aromatic N) is 4. The van der Waals surface area contributed by atoms with Crippen LogP contribution in [0.2, 0.25) is 0 Å². The van der Waals surface area contributed by atoms with Gasteiger partial charge in [0, 0.05) is 11.6 Å². The number of hydrogen-bond acceptors (Lipinski definition) is 4. The highest BCUT2D eigenvalue weighted by molar-refractivity contribution is 5.73. The number of aromatic nitrogens is 4. The molecule has 8 heteroatoms. The van der Waals surface area contributed by atoms with Crippen molar-refractivity contribution in [2.75, 3.05) is 7.11 Å². The van der Waals surface area contributed by atoms with Crippen LogP contribution in [0.1, 0.15) is 24.4 Å². The van der Waals surface area contributed by atoms with Gasteiger partial charge in [-0.25, -0.2) is 18.7 Å². The number of fused-ring (bicyclic) bond motifs is 1. The van der Waals surface area contributed by atoms with E-state index in [0.717, 1.165) is 12.8 Å². The molecule has 0 radical (unpaired) electrons. The van der Waals surface area contributed by atoms with E-state index in [1.165, 1.54) is 28.6 Å². The predicted octanol–water partition coefficient (Wildman–Crippen LogP) is 2.88. The summed E-state index contributed by atoms with van der Waals surface area (Å²) in [6.07, 6.45) is 3.02. The molecule has 30 heavy (non-hydrogen) atoms. The Labute approximate surface area is 170 Å². The van der Waals surface area contributed by atoms with Gasteiger partial charge in [-0.15, -0.1) is 0 Å². The molecule has 0 saturated heterocycles. The molecule has 0 amide bonds. The molecule has 1 saturated carbocycles. The van der Waals surface area contributed by atoms with Gasteiger partial charge in [0.25, 0.3) is 5.56 Å². The van der Waals surface area contributed by atoms with Crippen molar-refractivity contribution in [1.29, 1.82) is 0 Å². The number of rotatable bonds is 5. The maximum atomic E-state index is 14.2. The third-order valence-electron chi connectivity index (χ3n) is 5.39. The van der Waals surface area contributed by atoms with Crippen LogP contribution in [0.5, 0.6) is 5.75 Å². The van der Waals surface area contributed by atoms with Gasteiger partial charge in [0.2, 0.25) is 0 Å². The Balaban J connectivity index is 1.81. The molecule has 0 aliphatic heterocycles. The third-order valence-corrected chi connectivity index (χ3v) is 5.39. The van der Waals surface area contributed by atoms with Gasteiger partial charge in [-0.05, 0) is 31.0 Å². The molecule has 0 spiro atoms. The minimum atomic E-state index is -0.448. The van der Waals surface area contributed by atoms with Crippen molar-refractivity contribution in [3.8, 4) is 11.4 Å². The number of para-hydroxylation sites is 2. The van der Waals surface area contributed by atoms with E-state index in [9.17, 15) is 14.0 Å². The lowest BCUT2D eigenvalue weighted by atomic mass is 10.2. The number of halogens is 1. The van der Waals surface area contributed by atoms with Crippen LogP contribution >= 0.6 is 0 Å². The Morgan fingerprint density at radius 1 is 1.10 bits per heavy atom. The Kier molecular flexibility index (Phi) is 4.27. The number of benzene rings is 2. The molecule has 0 unspecified atom stereocenters. The Morgan fingerprint density at radius 2 is 1.83 bits per heavy atom. The topological polar surface area (TPSA) is 71.1 Å². The molecule has 0 bridgehead atoms. The summed E-state index contributed by atoms with van der Waals surface area (Å²) in [5.74, 6) is 0.130. The molecule has 1 fully saturated rings. The van der Waals surface area contributed by atoms with Crippen molar-refractivity contribution in [2.24, 2.45) is 0 Å². The minimum absolute atomic E-state index is 0.132. The molecule has 2 aromatic carbocycles. The van der Waals surface area contributed by atoms with Crippen LogP contribution < -0.4 is 16.0 Å². The standard InChI is InChI=1S/C22H19FN4O3/c1-30-18-9-5-4-8-17(18)27-20-19(21(28)26(22(27)29)15-10-11-15)25(13-24-20)12-14-6-2-3-7-16(14)23/h2-9,13,15H,10-12H2,1H3. The minimum Gasteiger partial charge on any atom is -0.495 e. The maximum absolute atomic E-state index is 14.2. The highest BCUT2D eigenvalue weighted by Crippen LogP contribution is 2.33. The fourth-order valence-electron chi connectivity index (χ4n) is 3.77. The van der Waals surface area contributed by atoms with E-state index in [0.29, 0.717) is 17.0 Å². The first-order valence-corrected chi connectivity index (χ1v) is 9.69. The van der Waals surface area contributed by atoms with Crippen LogP contribution in [-0.4, -0.2) is 25.8 Å². The van der Waals surface area contributed by atoms with E-state index in [2.05, 4.69) is 4.98 Å². The molecular weight excluding hydrogens is 387 g/mol. The average Bonchev–Trinajstić information content (AvgIpc) is 3.50. The van der Waals surface area contributed by atoms with Crippen LogP contribution in [0.25, 0.3) is 16.9 Å². The summed E-state index contributed by atoms with van der Waals surface area (Å²) < 4.78 is 23.9. The zero-order valence-corrected chi connectivity index (χ0v) is 16.3. The fourth-order valence-corrected chi connectivity index (χ4v) is 3.77. The zero-order chi connectivity index (χ0) is 20.8. The van der Waals surface area contributed by atoms with Crippen LogP contribution in [0, 0.1) is 5.82 Å². The van der Waals surface area contributed by atoms with Crippen molar-refractivity contribution < 1.29 is 9.13 Å². The van der Waals surface area contributed by atoms with Crippen molar-refractivity contribution in [3.63, 3.8) is 0 Å². The first-order valence-electron chi connectivity index (χ1n) is 9.69. The van der Waals surface area contributed by atoms with E-state index < -0.39 is 11.2 Å². The second-order valence-corrected chi connectivity index (χ2v) is 7.33. The van der Waals surface area contributed by atoms with Gasteiger partial charge < -0.3 is 9.30 Å². The summed E-state index contributed by atoms with van der Waals surface area (Å²) in [6.45, 7) is 0.132. The lowest BCUT2D eigenvalue weighted by Gasteiger charge is -2.14. The number of hydrogen-bond donors (Lipinski definition) is 0. The normalized spacial score (nSPS) is 13.7. The second-order valence-electron chi connectivity index (χ2n) is 7.33. The SMILES string of the molecule is COc1ccccc1-n1c(=O)n(C2CC2)c(=O)c2c1ncn2Cc1ccccc1F. The van der Waals surface area contributed by atoms with Crippen molar-refractivity contribution >= 4 is 11.2 Å². The van der Waals surface area contributed by atoms with E-state index in [1.807, 2.05) is 0 Å². The number of imidazole rings is 1. The summed E-state index contributed by atoms with van der Waals surface area (Å²) in [5, 5.41) is 0. The van der Waals surface area contributed by atoms with Crippen LogP contribution in [0.15, 0.2) is 64.4 Å². The van der Waals surface area contributed by atoms with E-state index in [1.54, 1.807) is 47.0 Å². The van der Waals surface area contributed by atoms with Crippen LogP contribution in [0.3, 0.4) is 0 Å². The first kappa shape index (κ1) is 18.4. The van der Waals surface area contributed by atoms with Gasteiger partial charge in [0.15, 0.2) is 11.2 Å². The quantitative estimate of drug-likeness (QED) is 0.511. The summed E-state index contributed by atoms with van der Waals surface area (Å²) in [4.78, 5) is 31.0. The van der Waals surface area contributed by atoms with Gasteiger partial charge in [0.1, 0.15) is 11.6 Å². The summed E-state index contributed by atoms with van der Waals surface area (Å²) in [6, 6.07) is 13.4. The van der Waals surface area contributed by atoms with E-state index in [4.69, 9.17) is 4.74 Å². The molecule has 152 valence electrons. The fraction of sp³-hybridized carbons (Fsp3) is 0.227. The van der Waals surface area contributed by atoms with Crippen LogP contribution in [-0.2, 0) is 6.54 Å². The smallest absolute Gasteiger partial charge is 0.337 e. The molecule has 7 nitrogen and oxygen atoms in total. The second kappa shape index (κ2) is 6.98. The Hall–Kier alpha value is -3.68. The Bertz CT molecular complexity index is 1380. The molecule has 2 heterocycles. The molecular formula is C22H19FN4O3.